The van der Waals surface area contributed by atoms with Gasteiger partial charge in [-0.25, -0.2) is 8.42 Å². The topological polar surface area (TPSA) is 57.7 Å². The molecule has 1 aromatic heterocycles. The van der Waals surface area contributed by atoms with E-state index in [2.05, 4.69) is 0 Å². The summed E-state index contributed by atoms with van der Waals surface area (Å²) < 4.78 is 26.3. The Balaban J connectivity index is 1.79. The summed E-state index contributed by atoms with van der Waals surface area (Å²) >= 11 is 1.17. The van der Waals surface area contributed by atoms with E-state index in [1.165, 1.54) is 15.6 Å². The van der Waals surface area contributed by atoms with Gasteiger partial charge >= 0.3 is 0 Å². The van der Waals surface area contributed by atoms with Gasteiger partial charge in [0.2, 0.25) is 5.91 Å². The Morgan fingerprint density at radius 3 is 2.38 bits per heavy atom. The Bertz CT molecular complexity index is 727. The first-order valence-corrected chi connectivity index (χ1v) is 8.80. The van der Waals surface area contributed by atoms with E-state index in [0.717, 1.165) is 5.69 Å². The number of carbonyl (C=O) groups is 1. The second-order valence-corrected chi connectivity index (χ2v) is 7.76. The van der Waals surface area contributed by atoms with Crippen LogP contribution in [0.15, 0.2) is 52.1 Å². The van der Waals surface area contributed by atoms with Gasteiger partial charge in [-0.05, 0) is 23.6 Å². The number of hydrogen-bond donors (Lipinski definition) is 0. The third kappa shape index (κ3) is 2.72. The maximum Gasteiger partial charge on any atom is 0.253 e. The molecule has 7 heteroatoms. The minimum Gasteiger partial charge on any atom is -0.310 e. The maximum absolute atomic E-state index is 12.4. The Labute approximate surface area is 127 Å². The first-order valence-electron chi connectivity index (χ1n) is 6.48. The van der Waals surface area contributed by atoms with Gasteiger partial charge in [0, 0.05) is 18.8 Å². The Hall–Kier alpha value is -1.70. The minimum absolute atomic E-state index is 0.116. The summed E-state index contributed by atoms with van der Waals surface area (Å²) in [6.45, 7) is 0.559. The number of anilines is 1. The first-order chi connectivity index (χ1) is 10.1. The normalized spacial score (nSPS) is 17.1. The van der Waals surface area contributed by atoms with Crippen molar-refractivity contribution in [2.75, 3.05) is 24.5 Å². The number of rotatable bonds is 3. The molecule has 110 valence electrons. The van der Waals surface area contributed by atoms with Gasteiger partial charge < -0.3 is 4.90 Å². The van der Waals surface area contributed by atoms with Crippen molar-refractivity contribution < 1.29 is 13.2 Å². The number of carbonyl (C=O) groups excluding carboxylic acids is 1. The molecular weight excluding hydrogens is 308 g/mol. The van der Waals surface area contributed by atoms with E-state index in [1.54, 1.807) is 22.4 Å². The third-order valence-corrected chi connectivity index (χ3v) is 6.56. The molecule has 0 saturated carbocycles. The molecule has 1 fully saturated rings. The van der Waals surface area contributed by atoms with E-state index in [1.807, 2.05) is 30.3 Å². The monoisotopic (exact) mass is 322 g/mol. The van der Waals surface area contributed by atoms with Crippen LogP contribution in [0.1, 0.15) is 0 Å². The number of hydrogen-bond acceptors (Lipinski definition) is 4. The molecule has 2 heterocycles. The molecule has 21 heavy (non-hydrogen) atoms. The second-order valence-electron chi connectivity index (χ2n) is 4.65. The first kappa shape index (κ1) is 14.2. The van der Waals surface area contributed by atoms with Crippen LogP contribution >= 0.6 is 11.3 Å². The number of sulfonamides is 1. The predicted octanol–water partition coefficient (Wildman–Crippen LogP) is 1.79. The number of amides is 1. The Kier molecular flexibility index (Phi) is 3.79. The van der Waals surface area contributed by atoms with Crippen LogP contribution in [-0.2, 0) is 14.8 Å². The molecule has 0 radical (unpaired) electrons. The number of para-hydroxylation sites is 1. The van der Waals surface area contributed by atoms with E-state index in [9.17, 15) is 13.2 Å². The fraction of sp³-hybridized carbons (Fsp3) is 0.214. The molecule has 3 rings (SSSR count). The van der Waals surface area contributed by atoms with Gasteiger partial charge in [0.25, 0.3) is 10.0 Å². The third-order valence-electron chi connectivity index (χ3n) is 3.34. The average molecular weight is 322 g/mol. The Morgan fingerprint density at radius 1 is 1.00 bits per heavy atom. The van der Waals surface area contributed by atoms with Gasteiger partial charge in [0.1, 0.15) is 4.21 Å². The molecule has 0 N–H and O–H groups in total. The van der Waals surface area contributed by atoms with E-state index in [-0.39, 0.29) is 16.7 Å². The lowest BCUT2D eigenvalue weighted by Crippen LogP contribution is -2.52. The van der Waals surface area contributed by atoms with E-state index in [4.69, 9.17) is 0 Å². The lowest BCUT2D eigenvalue weighted by atomic mass is 10.2. The number of thiophene rings is 1. The predicted molar refractivity (Wildman–Crippen MR) is 81.9 cm³/mol. The van der Waals surface area contributed by atoms with Crippen molar-refractivity contribution in [1.82, 2.24) is 4.31 Å². The van der Waals surface area contributed by atoms with Crippen LogP contribution in [-0.4, -0.2) is 38.3 Å². The van der Waals surface area contributed by atoms with Crippen LogP contribution in [0.25, 0.3) is 0 Å². The van der Waals surface area contributed by atoms with E-state index >= 15 is 0 Å². The SMILES string of the molecule is O=C1CN(S(=O)(=O)c2cccs2)CCN1c1ccccc1. The van der Waals surface area contributed by atoms with Gasteiger partial charge in [-0.3, -0.25) is 4.79 Å². The molecule has 0 aliphatic carbocycles. The standard InChI is InChI=1S/C14H14N2O3S2/c17-13-11-15(21(18,19)14-7-4-10-20-14)8-9-16(13)12-5-2-1-3-6-12/h1-7,10H,8-9,11H2. The summed E-state index contributed by atoms with van der Waals surface area (Å²) in [7, 11) is -3.55. The van der Waals surface area contributed by atoms with Gasteiger partial charge in [0.05, 0.1) is 6.54 Å². The van der Waals surface area contributed by atoms with Crippen LogP contribution < -0.4 is 4.90 Å². The van der Waals surface area contributed by atoms with Crippen molar-refractivity contribution in [1.29, 1.82) is 0 Å². The molecule has 0 unspecified atom stereocenters. The fourth-order valence-corrected chi connectivity index (χ4v) is 4.80. The molecular formula is C14H14N2O3S2. The second kappa shape index (κ2) is 5.59. The van der Waals surface area contributed by atoms with Gasteiger partial charge in [-0.2, -0.15) is 4.31 Å². The quantitative estimate of drug-likeness (QED) is 0.865. The van der Waals surface area contributed by atoms with E-state index in [0.29, 0.717) is 13.1 Å². The van der Waals surface area contributed by atoms with Crippen molar-refractivity contribution in [3.05, 3.63) is 47.8 Å². The van der Waals surface area contributed by atoms with Crippen LogP contribution in [0.4, 0.5) is 5.69 Å². The zero-order valence-electron chi connectivity index (χ0n) is 11.2. The summed E-state index contributed by atoms with van der Waals surface area (Å²) in [5.74, 6) is -0.201. The van der Waals surface area contributed by atoms with Crippen molar-refractivity contribution in [3.63, 3.8) is 0 Å². The summed E-state index contributed by atoms with van der Waals surface area (Å²) in [6, 6.07) is 12.6. The lowest BCUT2D eigenvalue weighted by molar-refractivity contribution is -0.119. The lowest BCUT2D eigenvalue weighted by Gasteiger charge is -2.33. The van der Waals surface area contributed by atoms with Crippen molar-refractivity contribution in [2.45, 2.75) is 4.21 Å². The van der Waals surface area contributed by atoms with Crippen molar-refractivity contribution >= 4 is 33.0 Å². The largest absolute Gasteiger partial charge is 0.310 e. The van der Waals surface area contributed by atoms with E-state index < -0.39 is 10.0 Å². The maximum atomic E-state index is 12.4. The molecule has 2 aromatic rings. The molecule has 0 atom stereocenters. The number of benzene rings is 1. The smallest absolute Gasteiger partial charge is 0.253 e. The van der Waals surface area contributed by atoms with Crippen molar-refractivity contribution in [3.8, 4) is 0 Å². The molecule has 5 nitrogen and oxygen atoms in total. The molecule has 0 bridgehead atoms. The van der Waals surface area contributed by atoms with Gasteiger partial charge in [0.15, 0.2) is 0 Å². The summed E-state index contributed by atoms with van der Waals surface area (Å²) in [4.78, 5) is 13.9. The summed E-state index contributed by atoms with van der Waals surface area (Å²) in [5.41, 5.74) is 0.802. The van der Waals surface area contributed by atoms with Gasteiger partial charge in [-0.1, -0.05) is 24.3 Å². The zero-order valence-corrected chi connectivity index (χ0v) is 12.8. The highest BCUT2D eigenvalue weighted by Crippen LogP contribution is 2.24. The number of piperazine rings is 1. The van der Waals surface area contributed by atoms with Crippen molar-refractivity contribution in [2.24, 2.45) is 0 Å². The highest BCUT2D eigenvalue weighted by Gasteiger charge is 2.33. The zero-order chi connectivity index (χ0) is 14.9. The molecule has 0 spiro atoms. The van der Waals surface area contributed by atoms with Crippen LogP contribution in [0.3, 0.4) is 0 Å². The molecule has 1 aliphatic heterocycles. The fourth-order valence-electron chi connectivity index (χ4n) is 2.28. The number of nitrogens with zero attached hydrogens (tertiary/aromatic N) is 2. The molecule has 1 aliphatic rings. The molecule has 1 amide bonds. The van der Waals surface area contributed by atoms with Crippen LogP contribution in [0.2, 0.25) is 0 Å². The minimum atomic E-state index is -3.55. The Morgan fingerprint density at radius 2 is 1.76 bits per heavy atom. The summed E-state index contributed by atoms with van der Waals surface area (Å²) in [6.07, 6.45) is 0. The van der Waals surface area contributed by atoms with Crippen LogP contribution in [0.5, 0.6) is 0 Å². The van der Waals surface area contributed by atoms with Gasteiger partial charge in [-0.15, -0.1) is 11.3 Å². The van der Waals surface area contributed by atoms with Crippen LogP contribution in [0, 0.1) is 0 Å². The average Bonchev–Trinajstić information content (AvgIpc) is 3.03. The molecule has 1 saturated heterocycles. The molecule has 1 aromatic carbocycles. The summed E-state index contributed by atoms with van der Waals surface area (Å²) in [5, 5.41) is 1.72. The highest BCUT2D eigenvalue weighted by molar-refractivity contribution is 7.91. The highest BCUT2D eigenvalue weighted by atomic mass is 32.2.